The van der Waals surface area contributed by atoms with Crippen molar-refractivity contribution < 1.29 is 9.53 Å². The van der Waals surface area contributed by atoms with Gasteiger partial charge < -0.3 is 10.1 Å². The van der Waals surface area contributed by atoms with Gasteiger partial charge in [-0.3, -0.25) is 15.4 Å². The highest BCUT2D eigenvalue weighted by atomic mass is 16.5. The molecule has 3 heterocycles. The molecule has 1 saturated carbocycles. The number of H-pyrrole nitrogens is 1. The summed E-state index contributed by atoms with van der Waals surface area (Å²) in [7, 11) is 0. The number of rotatable bonds is 6. The standard InChI is InChI=1S/C24H24N6O2/c31-24(29-20-7-4-8-22(20)32-15-16-5-2-1-3-6-16)30-23-10-9-19-21(28-23)11-17(12-25-19)18-13-26-27-14-18/h1-3,5-6,9-14,20,22H,4,7-8,15H2,(H,26,27)(H2,28,29,30,31)/t20-,22-/m1/s1. The predicted molar refractivity (Wildman–Crippen MR) is 122 cm³/mol. The topological polar surface area (TPSA) is 105 Å². The van der Waals surface area contributed by atoms with Crippen LogP contribution in [0.2, 0.25) is 0 Å². The van der Waals surface area contributed by atoms with Gasteiger partial charge in [-0.25, -0.2) is 9.78 Å². The summed E-state index contributed by atoms with van der Waals surface area (Å²) in [5.41, 5.74) is 4.43. The molecule has 1 aliphatic rings. The largest absolute Gasteiger partial charge is 0.371 e. The molecule has 0 unspecified atom stereocenters. The molecule has 3 aromatic heterocycles. The third-order valence-corrected chi connectivity index (χ3v) is 5.69. The molecule has 0 radical (unpaired) electrons. The van der Waals surface area contributed by atoms with Crippen LogP contribution in [-0.4, -0.2) is 38.3 Å². The van der Waals surface area contributed by atoms with E-state index in [9.17, 15) is 4.79 Å². The first-order valence-electron chi connectivity index (χ1n) is 10.7. The Morgan fingerprint density at radius 2 is 1.97 bits per heavy atom. The van der Waals surface area contributed by atoms with E-state index in [4.69, 9.17) is 4.74 Å². The Morgan fingerprint density at radius 1 is 1.06 bits per heavy atom. The van der Waals surface area contributed by atoms with E-state index in [1.807, 2.05) is 42.5 Å². The molecule has 0 spiro atoms. The van der Waals surface area contributed by atoms with Crippen LogP contribution in [-0.2, 0) is 11.3 Å². The smallest absolute Gasteiger partial charge is 0.320 e. The highest BCUT2D eigenvalue weighted by Crippen LogP contribution is 2.24. The fraction of sp³-hybridized carbons (Fsp3) is 0.250. The van der Waals surface area contributed by atoms with Crippen molar-refractivity contribution in [3.63, 3.8) is 0 Å². The first kappa shape index (κ1) is 20.1. The third kappa shape index (κ3) is 4.60. The van der Waals surface area contributed by atoms with Crippen molar-refractivity contribution in [3.05, 3.63) is 72.7 Å². The average Bonchev–Trinajstić information content (AvgIpc) is 3.50. The van der Waals surface area contributed by atoms with Gasteiger partial charge in [0.1, 0.15) is 5.82 Å². The van der Waals surface area contributed by atoms with Gasteiger partial charge in [0.25, 0.3) is 0 Å². The molecule has 1 fully saturated rings. The molecule has 162 valence electrons. The number of urea groups is 1. The fourth-order valence-electron chi connectivity index (χ4n) is 4.03. The van der Waals surface area contributed by atoms with E-state index < -0.39 is 0 Å². The number of carbonyl (C=O) groups excluding carboxylic acids is 1. The minimum Gasteiger partial charge on any atom is -0.371 e. The van der Waals surface area contributed by atoms with Crippen LogP contribution in [0.25, 0.3) is 22.2 Å². The van der Waals surface area contributed by atoms with Gasteiger partial charge in [0.05, 0.1) is 36.0 Å². The molecular formula is C24H24N6O2. The molecular weight excluding hydrogens is 404 g/mol. The highest BCUT2D eigenvalue weighted by molar-refractivity contribution is 5.90. The van der Waals surface area contributed by atoms with Crippen molar-refractivity contribution in [3.8, 4) is 11.1 Å². The molecule has 1 aliphatic carbocycles. The van der Waals surface area contributed by atoms with Crippen molar-refractivity contribution in [2.75, 3.05) is 5.32 Å². The van der Waals surface area contributed by atoms with Crippen molar-refractivity contribution in [1.82, 2.24) is 25.5 Å². The molecule has 1 aromatic carbocycles. The first-order chi connectivity index (χ1) is 15.7. The number of carbonyl (C=O) groups is 1. The summed E-state index contributed by atoms with van der Waals surface area (Å²) >= 11 is 0. The van der Waals surface area contributed by atoms with Crippen LogP contribution in [0.1, 0.15) is 24.8 Å². The van der Waals surface area contributed by atoms with Gasteiger partial charge in [0.15, 0.2) is 0 Å². The number of benzene rings is 1. The maximum Gasteiger partial charge on any atom is 0.320 e. The van der Waals surface area contributed by atoms with Crippen molar-refractivity contribution >= 4 is 22.9 Å². The van der Waals surface area contributed by atoms with Crippen LogP contribution in [0.4, 0.5) is 10.6 Å². The van der Waals surface area contributed by atoms with Gasteiger partial charge in [-0.2, -0.15) is 5.10 Å². The number of pyridine rings is 2. The number of amides is 2. The number of aromatic amines is 1. The van der Waals surface area contributed by atoms with E-state index in [1.165, 1.54) is 0 Å². The highest BCUT2D eigenvalue weighted by Gasteiger charge is 2.29. The summed E-state index contributed by atoms with van der Waals surface area (Å²) in [6.07, 6.45) is 8.19. The SMILES string of the molecule is O=C(Nc1ccc2ncc(-c3cn[nH]c3)cc2n1)N[C@@H]1CCC[C@H]1OCc1ccccc1. The minimum absolute atomic E-state index is 0.00670. The number of hydrogen-bond donors (Lipinski definition) is 3. The van der Waals surface area contributed by atoms with Crippen LogP contribution in [0.3, 0.4) is 0 Å². The van der Waals surface area contributed by atoms with E-state index in [0.717, 1.165) is 41.5 Å². The zero-order chi connectivity index (χ0) is 21.8. The van der Waals surface area contributed by atoms with Gasteiger partial charge in [0.2, 0.25) is 0 Å². The predicted octanol–water partition coefficient (Wildman–Crippen LogP) is 4.28. The quantitative estimate of drug-likeness (QED) is 0.425. The monoisotopic (exact) mass is 428 g/mol. The summed E-state index contributed by atoms with van der Waals surface area (Å²) < 4.78 is 6.08. The van der Waals surface area contributed by atoms with Crippen molar-refractivity contribution in [1.29, 1.82) is 0 Å². The molecule has 0 saturated heterocycles. The van der Waals surface area contributed by atoms with Crippen LogP contribution in [0, 0.1) is 0 Å². The van der Waals surface area contributed by atoms with Gasteiger partial charge in [-0.1, -0.05) is 30.3 Å². The van der Waals surface area contributed by atoms with E-state index in [0.29, 0.717) is 17.9 Å². The number of nitrogens with one attached hydrogen (secondary N) is 3. The van der Waals surface area contributed by atoms with Gasteiger partial charge in [-0.05, 0) is 43.0 Å². The molecule has 8 nitrogen and oxygen atoms in total. The van der Waals surface area contributed by atoms with Gasteiger partial charge >= 0.3 is 6.03 Å². The van der Waals surface area contributed by atoms with Crippen LogP contribution >= 0.6 is 0 Å². The van der Waals surface area contributed by atoms with Crippen LogP contribution in [0.15, 0.2) is 67.1 Å². The van der Waals surface area contributed by atoms with Crippen molar-refractivity contribution in [2.45, 2.75) is 38.0 Å². The van der Waals surface area contributed by atoms with Crippen LogP contribution in [0.5, 0.6) is 0 Å². The number of aromatic nitrogens is 4. The Labute approximate surface area is 185 Å². The van der Waals surface area contributed by atoms with E-state index in [2.05, 4.69) is 30.8 Å². The lowest BCUT2D eigenvalue weighted by Gasteiger charge is -2.21. The second-order valence-electron chi connectivity index (χ2n) is 7.92. The number of fused-ring (bicyclic) bond motifs is 1. The van der Waals surface area contributed by atoms with E-state index >= 15 is 0 Å². The van der Waals surface area contributed by atoms with Gasteiger partial charge in [0, 0.05) is 23.5 Å². The average molecular weight is 428 g/mol. The lowest BCUT2D eigenvalue weighted by Crippen LogP contribution is -2.43. The number of nitrogens with zero attached hydrogens (tertiary/aromatic N) is 3. The second kappa shape index (κ2) is 9.15. The summed E-state index contributed by atoms with van der Waals surface area (Å²) in [5.74, 6) is 0.473. The molecule has 8 heteroatoms. The number of hydrogen-bond acceptors (Lipinski definition) is 5. The van der Waals surface area contributed by atoms with Crippen LogP contribution < -0.4 is 10.6 Å². The van der Waals surface area contributed by atoms with E-state index in [-0.39, 0.29) is 18.2 Å². The lowest BCUT2D eigenvalue weighted by molar-refractivity contribution is 0.0305. The normalized spacial score (nSPS) is 18.0. The summed E-state index contributed by atoms with van der Waals surface area (Å²) in [4.78, 5) is 21.6. The Balaban J connectivity index is 1.22. The maximum atomic E-state index is 12.6. The first-order valence-corrected chi connectivity index (χ1v) is 10.7. The summed E-state index contributed by atoms with van der Waals surface area (Å²) in [5, 5.41) is 12.7. The van der Waals surface area contributed by atoms with Crippen molar-refractivity contribution in [2.24, 2.45) is 0 Å². The van der Waals surface area contributed by atoms with E-state index in [1.54, 1.807) is 24.7 Å². The molecule has 0 bridgehead atoms. The second-order valence-corrected chi connectivity index (χ2v) is 7.92. The lowest BCUT2D eigenvalue weighted by atomic mass is 10.1. The maximum absolute atomic E-state index is 12.6. The Morgan fingerprint density at radius 3 is 2.81 bits per heavy atom. The molecule has 2 atom stereocenters. The number of ether oxygens (including phenoxy) is 1. The Bertz CT molecular complexity index is 1200. The molecule has 2 amide bonds. The Hall–Kier alpha value is -3.78. The fourth-order valence-corrected chi connectivity index (χ4v) is 4.03. The molecule has 3 N–H and O–H groups in total. The molecule has 32 heavy (non-hydrogen) atoms. The summed E-state index contributed by atoms with van der Waals surface area (Å²) in [6.45, 7) is 0.545. The number of anilines is 1. The molecule has 0 aliphatic heterocycles. The zero-order valence-electron chi connectivity index (χ0n) is 17.5. The van der Waals surface area contributed by atoms with Gasteiger partial charge in [-0.15, -0.1) is 0 Å². The summed E-state index contributed by atoms with van der Waals surface area (Å²) in [6, 6.07) is 15.3. The Kier molecular flexibility index (Phi) is 5.76. The zero-order valence-corrected chi connectivity index (χ0v) is 17.5. The molecule has 5 rings (SSSR count). The minimum atomic E-state index is -0.281. The molecule has 4 aromatic rings. The third-order valence-electron chi connectivity index (χ3n) is 5.69.